The van der Waals surface area contributed by atoms with Gasteiger partial charge in [-0.05, 0) is 67.4 Å². The molecule has 0 bridgehead atoms. The first-order chi connectivity index (χ1) is 13.9. The summed E-state index contributed by atoms with van der Waals surface area (Å²) in [5.74, 6) is -0.600. The van der Waals surface area contributed by atoms with Crippen LogP contribution in [-0.2, 0) is 19.9 Å². The van der Waals surface area contributed by atoms with E-state index in [0.29, 0.717) is 5.69 Å². The van der Waals surface area contributed by atoms with Gasteiger partial charge in [0.25, 0.3) is 5.91 Å². The number of sulfonamides is 1. The van der Waals surface area contributed by atoms with E-state index in [1.54, 1.807) is 6.07 Å². The first-order valence-electron chi connectivity index (χ1n) is 9.27. The Morgan fingerprint density at radius 3 is 2.13 bits per heavy atom. The van der Waals surface area contributed by atoms with Crippen LogP contribution in [0.15, 0.2) is 58.8 Å². The molecule has 160 valence electrons. The van der Waals surface area contributed by atoms with E-state index in [9.17, 15) is 21.6 Å². The largest absolute Gasteiger partial charge is 0.300 e. The van der Waals surface area contributed by atoms with E-state index in [1.807, 2.05) is 26.0 Å². The van der Waals surface area contributed by atoms with Crippen molar-refractivity contribution in [2.24, 2.45) is 0 Å². The van der Waals surface area contributed by atoms with Crippen LogP contribution in [0.2, 0.25) is 0 Å². The molecule has 1 unspecified atom stereocenters. The molecule has 1 aliphatic rings. The number of nitrogens with zero attached hydrogens (tertiary/aromatic N) is 2. The number of hydrogen-bond acceptors (Lipinski definition) is 5. The standard InChI is InChI=1S/C21H24N2O5S2/c1-15-5-8-18(13-16(15)2)23(19-11-12-29(25,26)14-19)21(24)17-6-9-20(10-7-17)30(27,28)22(3)4/h5-13,19H,14H2,1-4H3. The van der Waals surface area contributed by atoms with Crippen LogP contribution in [-0.4, -0.2) is 52.9 Å². The van der Waals surface area contributed by atoms with Gasteiger partial charge in [0.05, 0.1) is 16.7 Å². The van der Waals surface area contributed by atoms with Gasteiger partial charge < -0.3 is 4.90 Å². The molecule has 0 spiro atoms. The summed E-state index contributed by atoms with van der Waals surface area (Å²) in [4.78, 5) is 14.9. The molecule has 0 fully saturated rings. The molecular weight excluding hydrogens is 424 g/mol. The highest BCUT2D eigenvalue weighted by molar-refractivity contribution is 7.94. The molecular formula is C21H24N2O5S2. The average molecular weight is 449 g/mol. The lowest BCUT2D eigenvalue weighted by atomic mass is 10.1. The number of aryl methyl sites for hydroxylation is 2. The highest BCUT2D eigenvalue weighted by atomic mass is 32.2. The van der Waals surface area contributed by atoms with Gasteiger partial charge in [0.2, 0.25) is 10.0 Å². The van der Waals surface area contributed by atoms with E-state index in [1.165, 1.54) is 49.3 Å². The second kappa shape index (κ2) is 7.98. The molecule has 1 aliphatic heterocycles. The van der Waals surface area contributed by atoms with Crippen LogP contribution in [0.5, 0.6) is 0 Å². The van der Waals surface area contributed by atoms with E-state index in [0.717, 1.165) is 20.8 Å². The maximum atomic E-state index is 13.4. The summed E-state index contributed by atoms with van der Waals surface area (Å²) in [6, 6.07) is 10.5. The normalized spacial score (nSPS) is 18.0. The molecule has 3 rings (SSSR count). The van der Waals surface area contributed by atoms with Gasteiger partial charge in [-0.3, -0.25) is 4.79 Å². The number of carbonyl (C=O) groups is 1. The summed E-state index contributed by atoms with van der Waals surface area (Å²) in [6.07, 6.45) is 1.51. The zero-order valence-corrected chi connectivity index (χ0v) is 18.9. The lowest BCUT2D eigenvalue weighted by Gasteiger charge is -2.28. The molecule has 1 heterocycles. The third kappa shape index (κ3) is 4.33. The highest BCUT2D eigenvalue weighted by Crippen LogP contribution is 2.27. The monoisotopic (exact) mass is 448 g/mol. The Morgan fingerprint density at radius 2 is 1.63 bits per heavy atom. The van der Waals surface area contributed by atoms with Gasteiger partial charge in [0.1, 0.15) is 0 Å². The van der Waals surface area contributed by atoms with Gasteiger partial charge in [-0.2, -0.15) is 0 Å². The zero-order chi connectivity index (χ0) is 22.3. The Morgan fingerprint density at radius 1 is 1.00 bits per heavy atom. The summed E-state index contributed by atoms with van der Waals surface area (Å²) >= 11 is 0. The molecule has 2 aromatic rings. The van der Waals surface area contributed by atoms with Crippen LogP contribution in [0.25, 0.3) is 0 Å². The van der Waals surface area contributed by atoms with E-state index in [-0.39, 0.29) is 16.2 Å². The maximum absolute atomic E-state index is 13.4. The smallest absolute Gasteiger partial charge is 0.258 e. The van der Waals surface area contributed by atoms with Gasteiger partial charge in [0.15, 0.2) is 9.84 Å². The molecule has 2 aromatic carbocycles. The minimum atomic E-state index is -3.62. The molecule has 9 heteroatoms. The number of rotatable bonds is 5. The van der Waals surface area contributed by atoms with Crippen LogP contribution in [0.4, 0.5) is 5.69 Å². The van der Waals surface area contributed by atoms with Crippen molar-refractivity contribution in [2.45, 2.75) is 24.8 Å². The Hall–Kier alpha value is -2.49. The van der Waals surface area contributed by atoms with Crippen molar-refractivity contribution < 1.29 is 21.6 Å². The number of amides is 1. The Kier molecular flexibility index (Phi) is 5.90. The molecule has 0 aromatic heterocycles. The van der Waals surface area contributed by atoms with Gasteiger partial charge in [0, 0.05) is 30.8 Å². The maximum Gasteiger partial charge on any atom is 0.258 e. The fourth-order valence-corrected chi connectivity index (χ4v) is 5.34. The summed E-state index contributed by atoms with van der Waals surface area (Å²) in [6.45, 7) is 3.87. The zero-order valence-electron chi connectivity index (χ0n) is 17.2. The van der Waals surface area contributed by atoms with Crippen LogP contribution in [0.3, 0.4) is 0 Å². The van der Waals surface area contributed by atoms with Gasteiger partial charge in [-0.25, -0.2) is 21.1 Å². The van der Waals surface area contributed by atoms with Crippen molar-refractivity contribution in [3.05, 3.63) is 70.6 Å². The fourth-order valence-electron chi connectivity index (χ4n) is 3.17. The first-order valence-corrected chi connectivity index (χ1v) is 12.4. The van der Waals surface area contributed by atoms with E-state index >= 15 is 0 Å². The second-order valence-corrected chi connectivity index (χ2v) is 11.6. The Bertz CT molecular complexity index is 1210. The topological polar surface area (TPSA) is 91.8 Å². The minimum absolute atomic E-state index is 0.0742. The average Bonchev–Trinajstić information content (AvgIpc) is 3.04. The van der Waals surface area contributed by atoms with Gasteiger partial charge in [-0.15, -0.1) is 0 Å². The van der Waals surface area contributed by atoms with Crippen molar-refractivity contribution in [3.63, 3.8) is 0 Å². The van der Waals surface area contributed by atoms with Crippen molar-refractivity contribution in [3.8, 4) is 0 Å². The molecule has 0 radical (unpaired) electrons. The quantitative estimate of drug-likeness (QED) is 0.701. The van der Waals surface area contributed by atoms with Gasteiger partial charge >= 0.3 is 0 Å². The summed E-state index contributed by atoms with van der Waals surface area (Å²) in [5, 5.41) is 1.13. The molecule has 0 saturated carbocycles. The molecule has 0 saturated heterocycles. The third-order valence-electron chi connectivity index (χ3n) is 5.11. The number of benzene rings is 2. The minimum Gasteiger partial charge on any atom is -0.300 e. The highest BCUT2D eigenvalue weighted by Gasteiger charge is 2.32. The number of hydrogen-bond donors (Lipinski definition) is 0. The lowest BCUT2D eigenvalue weighted by molar-refractivity contribution is 0.0983. The summed E-state index contributed by atoms with van der Waals surface area (Å²) in [5.41, 5.74) is 2.88. The molecule has 30 heavy (non-hydrogen) atoms. The lowest BCUT2D eigenvalue weighted by Crippen LogP contribution is -2.41. The third-order valence-corrected chi connectivity index (χ3v) is 8.32. The van der Waals surface area contributed by atoms with Crippen LogP contribution in [0.1, 0.15) is 21.5 Å². The van der Waals surface area contributed by atoms with Crippen LogP contribution >= 0.6 is 0 Å². The van der Waals surface area contributed by atoms with Crippen molar-refractivity contribution in [1.82, 2.24) is 4.31 Å². The first kappa shape index (κ1) is 22.2. The molecule has 1 amide bonds. The van der Waals surface area contributed by atoms with Crippen molar-refractivity contribution >= 4 is 31.5 Å². The van der Waals surface area contributed by atoms with Gasteiger partial charge in [-0.1, -0.05) is 6.07 Å². The Labute approximate surface area is 177 Å². The Balaban J connectivity index is 2.02. The van der Waals surface area contributed by atoms with Crippen LogP contribution in [0, 0.1) is 13.8 Å². The number of carbonyl (C=O) groups excluding carboxylic acids is 1. The molecule has 7 nitrogen and oxygen atoms in total. The van der Waals surface area contributed by atoms with Crippen molar-refractivity contribution in [1.29, 1.82) is 0 Å². The fraction of sp³-hybridized carbons (Fsp3) is 0.286. The summed E-state index contributed by atoms with van der Waals surface area (Å²) in [7, 11) is -4.13. The van der Waals surface area contributed by atoms with E-state index in [2.05, 4.69) is 0 Å². The molecule has 0 aliphatic carbocycles. The van der Waals surface area contributed by atoms with E-state index in [4.69, 9.17) is 0 Å². The second-order valence-electron chi connectivity index (χ2n) is 7.48. The molecule has 0 N–H and O–H groups in total. The SMILES string of the molecule is Cc1ccc(N(C(=O)c2ccc(S(=O)(=O)N(C)C)cc2)C2C=CS(=O)(=O)C2)cc1C. The predicted octanol–water partition coefficient (Wildman–Crippen LogP) is 2.51. The molecule has 1 atom stereocenters. The van der Waals surface area contributed by atoms with Crippen molar-refractivity contribution in [2.75, 3.05) is 24.7 Å². The predicted molar refractivity (Wildman–Crippen MR) is 117 cm³/mol. The number of anilines is 1. The van der Waals surface area contributed by atoms with Crippen LogP contribution < -0.4 is 4.90 Å². The summed E-state index contributed by atoms with van der Waals surface area (Å²) < 4.78 is 49.6. The number of sulfone groups is 1. The van der Waals surface area contributed by atoms with E-state index < -0.39 is 31.8 Å².